The molecule has 0 saturated carbocycles. The number of para-hydroxylation sites is 3. The molecule has 29 heavy (non-hydrogen) atoms. The Labute approximate surface area is 173 Å². The summed E-state index contributed by atoms with van der Waals surface area (Å²) in [4.78, 5) is 17.3. The topological polar surface area (TPSA) is 56.1 Å². The van der Waals surface area contributed by atoms with Crippen LogP contribution in [0.25, 0.3) is 11.0 Å². The number of halogens is 1. The fourth-order valence-corrected chi connectivity index (χ4v) is 3.52. The molecule has 0 bridgehead atoms. The first-order valence-electron chi connectivity index (χ1n) is 9.25. The number of aromatic nitrogens is 2. The van der Waals surface area contributed by atoms with Gasteiger partial charge in [0.2, 0.25) is 0 Å². The van der Waals surface area contributed by atoms with E-state index in [0.717, 1.165) is 28.2 Å². The maximum atomic E-state index is 12.5. The van der Waals surface area contributed by atoms with Crippen molar-refractivity contribution in [3.05, 3.63) is 94.8 Å². The third-order valence-electron chi connectivity index (χ3n) is 4.75. The average Bonchev–Trinajstić information content (AvgIpc) is 3.10. The minimum absolute atomic E-state index is 0.191. The Morgan fingerprint density at radius 3 is 2.69 bits per heavy atom. The van der Waals surface area contributed by atoms with Gasteiger partial charge in [0.1, 0.15) is 11.6 Å². The van der Waals surface area contributed by atoms with Gasteiger partial charge in [0.15, 0.2) is 0 Å². The first-order valence-corrected chi connectivity index (χ1v) is 9.63. The number of imidazole rings is 1. The van der Waals surface area contributed by atoms with E-state index in [-0.39, 0.29) is 5.91 Å². The van der Waals surface area contributed by atoms with Gasteiger partial charge >= 0.3 is 0 Å². The molecule has 0 radical (unpaired) electrons. The number of benzene rings is 3. The van der Waals surface area contributed by atoms with Gasteiger partial charge in [-0.25, -0.2) is 4.98 Å². The van der Waals surface area contributed by atoms with Crippen molar-refractivity contribution in [3.8, 4) is 5.75 Å². The van der Waals surface area contributed by atoms with Crippen LogP contribution in [-0.2, 0) is 13.1 Å². The maximum absolute atomic E-state index is 12.5. The van der Waals surface area contributed by atoms with E-state index in [1.807, 2.05) is 48.5 Å². The van der Waals surface area contributed by atoms with E-state index < -0.39 is 0 Å². The number of carbonyl (C=O) groups is 1. The number of amides is 1. The van der Waals surface area contributed by atoms with E-state index in [4.69, 9.17) is 21.3 Å². The Balaban J connectivity index is 1.64. The second kappa shape index (κ2) is 8.37. The highest BCUT2D eigenvalue weighted by atomic mass is 35.5. The molecule has 1 heterocycles. The summed E-state index contributed by atoms with van der Waals surface area (Å²) in [5.74, 6) is 1.40. The molecule has 1 aromatic heterocycles. The molecule has 6 heteroatoms. The Morgan fingerprint density at radius 1 is 1.07 bits per heavy atom. The van der Waals surface area contributed by atoms with Gasteiger partial charge in [-0.15, -0.1) is 0 Å². The number of nitrogens with zero attached hydrogens (tertiary/aromatic N) is 2. The van der Waals surface area contributed by atoms with Crippen LogP contribution in [0, 0.1) is 0 Å². The first kappa shape index (κ1) is 19.0. The third-order valence-corrected chi connectivity index (χ3v) is 4.98. The summed E-state index contributed by atoms with van der Waals surface area (Å²) in [7, 11) is 1.66. The second-order valence-corrected chi connectivity index (χ2v) is 7.04. The number of hydrogen-bond acceptors (Lipinski definition) is 3. The molecule has 0 unspecified atom stereocenters. The zero-order valence-corrected chi connectivity index (χ0v) is 16.7. The summed E-state index contributed by atoms with van der Waals surface area (Å²) >= 11 is 6.00. The van der Waals surface area contributed by atoms with Crippen LogP contribution in [0.1, 0.15) is 21.7 Å². The van der Waals surface area contributed by atoms with Crippen LogP contribution in [0.4, 0.5) is 0 Å². The van der Waals surface area contributed by atoms with Crippen molar-refractivity contribution >= 4 is 28.5 Å². The number of nitrogens with one attached hydrogen (secondary N) is 1. The summed E-state index contributed by atoms with van der Waals surface area (Å²) in [5, 5.41) is 3.47. The lowest BCUT2D eigenvalue weighted by Crippen LogP contribution is -2.25. The monoisotopic (exact) mass is 405 g/mol. The highest BCUT2D eigenvalue weighted by molar-refractivity contribution is 6.30. The average molecular weight is 406 g/mol. The van der Waals surface area contributed by atoms with Gasteiger partial charge in [0, 0.05) is 16.1 Å². The number of methoxy groups -OCH3 is 1. The SMILES string of the molecule is COc1ccccc1Cn1c(CNC(=O)c2cccc(Cl)c2)nc2ccccc21. The van der Waals surface area contributed by atoms with E-state index >= 15 is 0 Å². The van der Waals surface area contributed by atoms with E-state index in [0.29, 0.717) is 23.7 Å². The molecule has 0 saturated heterocycles. The van der Waals surface area contributed by atoms with Crippen molar-refractivity contribution in [1.82, 2.24) is 14.9 Å². The lowest BCUT2D eigenvalue weighted by atomic mass is 10.2. The van der Waals surface area contributed by atoms with Gasteiger partial charge in [-0.2, -0.15) is 0 Å². The number of rotatable bonds is 6. The molecule has 0 spiro atoms. The van der Waals surface area contributed by atoms with E-state index in [1.54, 1.807) is 31.4 Å². The molecular formula is C23H20ClN3O2. The van der Waals surface area contributed by atoms with Crippen LogP contribution in [0.15, 0.2) is 72.8 Å². The molecule has 5 nitrogen and oxygen atoms in total. The summed E-state index contributed by atoms with van der Waals surface area (Å²) in [5.41, 5.74) is 3.45. The predicted molar refractivity (Wildman–Crippen MR) is 114 cm³/mol. The lowest BCUT2D eigenvalue weighted by Gasteiger charge is -2.13. The molecule has 0 atom stereocenters. The van der Waals surface area contributed by atoms with Gasteiger partial charge in [-0.1, -0.05) is 48.0 Å². The van der Waals surface area contributed by atoms with Crippen molar-refractivity contribution in [3.63, 3.8) is 0 Å². The highest BCUT2D eigenvalue weighted by Crippen LogP contribution is 2.23. The van der Waals surface area contributed by atoms with Gasteiger partial charge in [0.25, 0.3) is 5.91 Å². The van der Waals surface area contributed by atoms with Gasteiger partial charge in [-0.05, 0) is 36.4 Å². The van der Waals surface area contributed by atoms with Gasteiger partial charge < -0.3 is 14.6 Å². The van der Waals surface area contributed by atoms with E-state index in [2.05, 4.69) is 9.88 Å². The van der Waals surface area contributed by atoms with Crippen molar-refractivity contribution in [2.24, 2.45) is 0 Å². The largest absolute Gasteiger partial charge is 0.496 e. The smallest absolute Gasteiger partial charge is 0.251 e. The van der Waals surface area contributed by atoms with Crippen LogP contribution < -0.4 is 10.1 Å². The first-order chi connectivity index (χ1) is 14.2. The minimum Gasteiger partial charge on any atom is -0.496 e. The Bertz CT molecular complexity index is 1170. The van der Waals surface area contributed by atoms with Crippen LogP contribution >= 0.6 is 11.6 Å². The molecule has 4 aromatic rings. The van der Waals surface area contributed by atoms with Gasteiger partial charge in [0.05, 0.1) is 31.2 Å². The summed E-state index contributed by atoms with van der Waals surface area (Å²) in [6, 6.07) is 22.7. The molecular weight excluding hydrogens is 386 g/mol. The lowest BCUT2D eigenvalue weighted by molar-refractivity contribution is 0.0949. The molecule has 4 rings (SSSR count). The van der Waals surface area contributed by atoms with Crippen LogP contribution in [0.2, 0.25) is 5.02 Å². The summed E-state index contributed by atoms with van der Waals surface area (Å²) in [6.07, 6.45) is 0. The molecule has 3 aromatic carbocycles. The molecule has 0 fully saturated rings. The molecule has 1 amide bonds. The standard InChI is InChI=1S/C23H20ClN3O2/c1-29-21-12-5-2-7-17(21)15-27-20-11-4-3-10-19(20)26-22(27)14-25-23(28)16-8-6-9-18(24)13-16/h2-13H,14-15H2,1H3,(H,25,28). The number of fused-ring (bicyclic) bond motifs is 1. The Hall–Kier alpha value is -3.31. The van der Waals surface area contributed by atoms with Crippen molar-refractivity contribution in [2.45, 2.75) is 13.1 Å². The molecule has 1 N–H and O–H groups in total. The molecule has 0 aliphatic rings. The zero-order valence-electron chi connectivity index (χ0n) is 15.9. The van der Waals surface area contributed by atoms with Crippen LogP contribution in [-0.4, -0.2) is 22.6 Å². The summed E-state index contributed by atoms with van der Waals surface area (Å²) in [6.45, 7) is 0.891. The number of hydrogen-bond donors (Lipinski definition) is 1. The Morgan fingerprint density at radius 2 is 1.86 bits per heavy atom. The zero-order chi connectivity index (χ0) is 20.2. The molecule has 0 aliphatic heterocycles. The quantitative estimate of drug-likeness (QED) is 0.507. The molecule has 146 valence electrons. The van der Waals surface area contributed by atoms with Crippen LogP contribution in [0.5, 0.6) is 5.75 Å². The minimum atomic E-state index is -0.191. The van der Waals surface area contributed by atoms with Crippen molar-refractivity contribution < 1.29 is 9.53 Å². The fraction of sp³-hybridized carbons (Fsp3) is 0.130. The number of carbonyl (C=O) groups excluding carboxylic acids is 1. The third kappa shape index (κ3) is 4.10. The van der Waals surface area contributed by atoms with E-state index in [1.165, 1.54) is 0 Å². The maximum Gasteiger partial charge on any atom is 0.251 e. The normalized spacial score (nSPS) is 10.8. The second-order valence-electron chi connectivity index (χ2n) is 6.61. The van der Waals surface area contributed by atoms with Crippen molar-refractivity contribution in [2.75, 3.05) is 7.11 Å². The van der Waals surface area contributed by atoms with Crippen molar-refractivity contribution in [1.29, 1.82) is 0 Å². The van der Waals surface area contributed by atoms with Crippen LogP contribution in [0.3, 0.4) is 0 Å². The highest BCUT2D eigenvalue weighted by Gasteiger charge is 2.14. The predicted octanol–water partition coefficient (Wildman–Crippen LogP) is 4.68. The van der Waals surface area contributed by atoms with Gasteiger partial charge in [-0.3, -0.25) is 4.79 Å². The Kier molecular flexibility index (Phi) is 5.49. The fourth-order valence-electron chi connectivity index (χ4n) is 3.33. The summed E-state index contributed by atoms with van der Waals surface area (Å²) < 4.78 is 7.60. The van der Waals surface area contributed by atoms with E-state index in [9.17, 15) is 4.79 Å². The number of ether oxygens (including phenoxy) is 1. The molecule has 0 aliphatic carbocycles.